The highest BCUT2D eigenvalue weighted by Gasteiger charge is 2.21. The molecule has 0 aliphatic heterocycles. The van der Waals surface area contributed by atoms with Crippen LogP contribution in [0.5, 0.6) is 0 Å². The van der Waals surface area contributed by atoms with E-state index in [4.69, 9.17) is 4.42 Å². The van der Waals surface area contributed by atoms with Crippen molar-refractivity contribution in [3.05, 3.63) is 76.1 Å². The minimum Gasteiger partial charge on any atom is -0.467 e. The lowest BCUT2D eigenvalue weighted by Gasteiger charge is -2.16. The maximum Gasteiger partial charge on any atom is 0.263 e. The van der Waals surface area contributed by atoms with Gasteiger partial charge in [-0.25, -0.2) is 4.98 Å². The molecular weight excluding hydrogens is 296 g/mol. The van der Waals surface area contributed by atoms with E-state index in [1.165, 1.54) is 11.3 Å². The first-order valence-electron chi connectivity index (χ1n) is 7.12. The number of rotatable bonds is 5. The molecule has 0 saturated carbocycles. The molecule has 2 heterocycles. The van der Waals surface area contributed by atoms with Crippen LogP contribution in [0.25, 0.3) is 0 Å². The van der Waals surface area contributed by atoms with Crippen molar-refractivity contribution in [2.45, 2.75) is 19.4 Å². The van der Waals surface area contributed by atoms with Crippen molar-refractivity contribution in [3.8, 4) is 0 Å². The first-order valence-corrected chi connectivity index (χ1v) is 7.93. The molecule has 112 valence electrons. The zero-order valence-corrected chi connectivity index (χ0v) is 13.0. The van der Waals surface area contributed by atoms with Crippen LogP contribution in [0, 0.1) is 0 Å². The van der Waals surface area contributed by atoms with Crippen molar-refractivity contribution in [2.24, 2.45) is 0 Å². The van der Waals surface area contributed by atoms with Crippen LogP contribution in [0.15, 0.2) is 59.3 Å². The number of hydrogen-bond donors (Lipinski definition) is 1. The van der Waals surface area contributed by atoms with Crippen LogP contribution >= 0.6 is 11.3 Å². The normalized spacial score (nSPS) is 12.0. The van der Waals surface area contributed by atoms with E-state index in [0.717, 1.165) is 17.0 Å². The van der Waals surface area contributed by atoms with E-state index in [2.05, 4.69) is 10.3 Å². The number of aryl methyl sites for hydroxylation is 1. The van der Waals surface area contributed by atoms with E-state index in [0.29, 0.717) is 10.6 Å². The van der Waals surface area contributed by atoms with Crippen molar-refractivity contribution in [1.82, 2.24) is 10.3 Å². The molecule has 3 aromatic rings. The molecule has 22 heavy (non-hydrogen) atoms. The Morgan fingerprint density at radius 3 is 2.73 bits per heavy atom. The molecule has 1 aromatic carbocycles. The molecule has 5 heteroatoms. The molecule has 0 aliphatic rings. The predicted octanol–water partition coefficient (Wildman–Crippen LogP) is 3.82. The second-order valence-corrected chi connectivity index (χ2v) is 5.92. The van der Waals surface area contributed by atoms with Gasteiger partial charge < -0.3 is 9.73 Å². The van der Waals surface area contributed by atoms with E-state index in [-0.39, 0.29) is 11.9 Å². The number of nitrogens with one attached hydrogen (secondary N) is 1. The highest BCUT2D eigenvalue weighted by molar-refractivity contribution is 7.13. The van der Waals surface area contributed by atoms with Crippen molar-refractivity contribution >= 4 is 17.2 Å². The average molecular weight is 312 g/mol. The first-order chi connectivity index (χ1) is 10.8. The van der Waals surface area contributed by atoms with Gasteiger partial charge in [-0.2, -0.15) is 0 Å². The number of thiazole rings is 1. The van der Waals surface area contributed by atoms with Gasteiger partial charge in [0, 0.05) is 0 Å². The zero-order chi connectivity index (χ0) is 15.4. The Balaban J connectivity index is 1.86. The van der Waals surface area contributed by atoms with Gasteiger partial charge in [0.1, 0.15) is 16.7 Å². The molecule has 0 spiro atoms. The third kappa shape index (κ3) is 3.09. The third-order valence-corrected chi connectivity index (χ3v) is 4.46. The molecule has 2 aromatic heterocycles. The summed E-state index contributed by atoms with van der Waals surface area (Å²) in [6.45, 7) is 2.02. The van der Waals surface area contributed by atoms with Crippen LogP contribution in [0.4, 0.5) is 0 Å². The Labute approximate surface area is 132 Å². The summed E-state index contributed by atoms with van der Waals surface area (Å²) in [5.74, 6) is 0.572. The third-order valence-electron chi connectivity index (χ3n) is 3.32. The quantitative estimate of drug-likeness (QED) is 0.779. The van der Waals surface area contributed by atoms with Gasteiger partial charge in [0.05, 0.1) is 17.5 Å². The first kappa shape index (κ1) is 14.5. The number of carbonyl (C=O) groups is 1. The zero-order valence-electron chi connectivity index (χ0n) is 12.2. The van der Waals surface area contributed by atoms with E-state index in [9.17, 15) is 4.79 Å². The highest BCUT2D eigenvalue weighted by Crippen LogP contribution is 2.23. The van der Waals surface area contributed by atoms with Crippen LogP contribution in [-0.2, 0) is 6.42 Å². The molecule has 1 atom stereocenters. The molecule has 0 unspecified atom stereocenters. The number of benzene rings is 1. The summed E-state index contributed by atoms with van der Waals surface area (Å²) in [7, 11) is 0. The number of nitrogens with zero attached hydrogens (tertiary/aromatic N) is 1. The molecule has 0 fully saturated rings. The molecule has 0 bridgehead atoms. The number of amides is 1. The van der Waals surface area contributed by atoms with Crippen LogP contribution in [0.3, 0.4) is 0 Å². The topological polar surface area (TPSA) is 55.1 Å². The monoisotopic (exact) mass is 312 g/mol. The van der Waals surface area contributed by atoms with Gasteiger partial charge in [0.2, 0.25) is 0 Å². The maximum atomic E-state index is 12.5. The number of hydrogen-bond acceptors (Lipinski definition) is 4. The molecule has 1 amide bonds. The summed E-state index contributed by atoms with van der Waals surface area (Å²) in [5.41, 5.74) is 0.978. The van der Waals surface area contributed by atoms with E-state index >= 15 is 0 Å². The smallest absolute Gasteiger partial charge is 0.263 e. The molecule has 4 nitrogen and oxygen atoms in total. The molecule has 3 rings (SSSR count). The van der Waals surface area contributed by atoms with E-state index in [1.807, 2.05) is 49.4 Å². The summed E-state index contributed by atoms with van der Waals surface area (Å²) < 4.78 is 5.49. The number of carbonyl (C=O) groups excluding carboxylic acids is 1. The maximum absolute atomic E-state index is 12.5. The Kier molecular flexibility index (Phi) is 4.34. The highest BCUT2D eigenvalue weighted by atomic mass is 32.1. The van der Waals surface area contributed by atoms with Gasteiger partial charge in [-0.05, 0) is 24.1 Å². The predicted molar refractivity (Wildman–Crippen MR) is 86.0 cm³/mol. The molecular formula is C17H16N2O2S. The van der Waals surface area contributed by atoms with Crippen LogP contribution < -0.4 is 5.32 Å². The lowest BCUT2D eigenvalue weighted by molar-refractivity contribution is 0.0943. The Morgan fingerprint density at radius 1 is 1.27 bits per heavy atom. The largest absolute Gasteiger partial charge is 0.467 e. The molecule has 0 aliphatic carbocycles. The van der Waals surface area contributed by atoms with Gasteiger partial charge in [-0.1, -0.05) is 37.3 Å². The number of furan rings is 1. The SMILES string of the molecule is CCc1ncc(C(=O)N[C@H](c2ccccc2)c2ccco2)s1. The van der Waals surface area contributed by atoms with Crippen molar-refractivity contribution in [1.29, 1.82) is 0 Å². The number of aromatic nitrogens is 1. The van der Waals surface area contributed by atoms with Crippen LogP contribution in [0.1, 0.15) is 39.0 Å². The van der Waals surface area contributed by atoms with Crippen molar-refractivity contribution < 1.29 is 9.21 Å². The Bertz CT molecular complexity index is 735. The lowest BCUT2D eigenvalue weighted by Crippen LogP contribution is -2.28. The Hall–Kier alpha value is -2.40. The summed E-state index contributed by atoms with van der Waals surface area (Å²) in [6.07, 6.45) is 4.07. The molecule has 0 radical (unpaired) electrons. The second kappa shape index (κ2) is 6.58. The van der Waals surface area contributed by atoms with Gasteiger partial charge in [0.15, 0.2) is 0 Å². The van der Waals surface area contributed by atoms with Crippen LogP contribution in [0.2, 0.25) is 0 Å². The fourth-order valence-electron chi connectivity index (χ4n) is 2.20. The fraction of sp³-hybridized carbons (Fsp3) is 0.176. The summed E-state index contributed by atoms with van der Waals surface area (Å²) in [5, 5.41) is 3.98. The minimum absolute atomic E-state index is 0.137. The van der Waals surface area contributed by atoms with E-state index in [1.54, 1.807) is 12.5 Å². The van der Waals surface area contributed by atoms with Crippen LogP contribution in [-0.4, -0.2) is 10.9 Å². The second-order valence-electron chi connectivity index (χ2n) is 4.80. The van der Waals surface area contributed by atoms with E-state index < -0.39 is 0 Å². The summed E-state index contributed by atoms with van der Waals surface area (Å²) >= 11 is 1.42. The van der Waals surface area contributed by atoms with Gasteiger partial charge in [-0.15, -0.1) is 11.3 Å². The molecule has 1 N–H and O–H groups in total. The standard InChI is InChI=1S/C17H16N2O2S/c1-2-15-18-11-14(22-15)17(20)19-16(13-9-6-10-21-13)12-7-4-3-5-8-12/h3-11,16H,2H2,1H3,(H,19,20)/t16-/m1/s1. The van der Waals surface area contributed by atoms with Crippen molar-refractivity contribution in [3.63, 3.8) is 0 Å². The van der Waals surface area contributed by atoms with Crippen molar-refractivity contribution in [2.75, 3.05) is 0 Å². The van der Waals surface area contributed by atoms with Gasteiger partial charge in [0.25, 0.3) is 5.91 Å². The molecule has 0 saturated heterocycles. The summed E-state index contributed by atoms with van der Waals surface area (Å²) in [6, 6.07) is 13.1. The fourth-order valence-corrected chi connectivity index (χ4v) is 2.96. The Morgan fingerprint density at radius 2 is 2.09 bits per heavy atom. The lowest BCUT2D eigenvalue weighted by atomic mass is 10.0. The van der Waals surface area contributed by atoms with Gasteiger partial charge in [-0.3, -0.25) is 4.79 Å². The minimum atomic E-state index is -0.309. The average Bonchev–Trinajstić information content (AvgIpc) is 3.24. The van der Waals surface area contributed by atoms with Gasteiger partial charge >= 0.3 is 0 Å². The summed E-state index contributed by atoms with van der Waals surface area (Å²) in [4.78, 5) is 17.3.